The maximum Gasteiger partial charge on any atom is 0.416 e. The van der Waals surface area contributed by atoms with Crippen molar-refractivity contribution in [1.29, 1.82) is 0 Å². The second kappa shape index (κ2) is 8.76. The summed E-state index contributed by atoms with van der Waals surface area (Å²) < 4.78 is 56.9. The van der Waals surface area contributed by atoms with Gasteiger partial charge in [0.05, 0.1) is 57.5 Å². The van der Waals surface area contributed by atoms with Crippen LogP contribution in [-0.4, -0.2) is 30.6 Å². The highest BCUT2D eigenvalue weighted by Crippen LogP contribution is 2.41. The van der Waals surface area contributed by atoms with E-state index in [1.165, 1.54) is 34.4 Å². The van der Waals surface area contributed by atoms with Crippen LogP contribution in [-0.2, 0) is 26.2 Å². The SMILES string of the molecule is Cn1ncc2c(N)nc3cc(F)c(C(=O)N(Cc4cscn4)C4CCc5cc(C(F)(F)F)ccc54)cc3c21. The first-order valence-corrected chi connectivity index (χ1v) is 12.6. The van der Waals surface area contributed by atoms with E-state index >= 15 is 4.39 Å². The summed E-state index contributed by atoms with van der Waals surface area (Å²) in [7, 11) is 1.71. The second-order valence-corrected chi connectivity index (χ2v) is 9.97. The van der Waals surface area contributed by atoms with Gasteiger partial charge in [-0.15, -0.1) is 11.3 Å². The van der Waals surface area contributed by atoms with Gasteiger partial charge in [-0.1, -0.05) is 6.07 Å². The predicted molar refractivity (Wildman–Crippen MR) is 135 cm³/mol. The Morgan fingerprint density at radius 2 is 2.05 bits per heavy atom. The quantitative estimate of drug-likeness (QED) is 0.298. The van der Waals surface area contributed by atoms with Crippen LogP contribution < -0.4 is 5.73 Å². The Balaban J connectivity index is 1.47. The number of hydrogen-bond acceptors (Lipinski definition) is 6. The molecule has 0 fully saturated rings. The van der Waals surface area contributed by atoms with Gasteiger partial charge in [-0.2, -0.15) is 18.3 Å². The van der Waals surface area contributed by atoms with Gasteiger partial charge in [-0.05, 0) is 42.2 Å². The molecule has 0 spiro atoms. The zero-order valence-corrected chi connectivity index (χ0v) is 20.8. The molecule has 2 aromatic carbocycles. The average molecular weight is 541 g/mol. The van der Waals surface area contributed by atoms with Gasteiger partial charge in [0.15, 0.2) is 0 Å². The maximum absolute atomic E-state index is 15.4. The van der Waals surface area contributed by atoms with Crippen molar-refractivity contribution in [2.75, 3.05) is 5.73 Å². The molecular formula is C26H20F4N6OS. The molecular weight excluding hydrogens is 520 g/mol. The molecule has 0 aliphatic heterocycles. The summed E-state index contributed by atoms with van der Waals surface area (Å²) >= 11 is 1.35. The minimum Gasteiger partial charge on any atom is -0.383 e. The Kier molecular flexibility index (Phi) is 5.60. The first-order chi connectivity index (χ1) is 18.1. The molecule has 5 aromatic rings. The number of nitrogens with zero attached hydrogens (tertiary/aromatic N) is 5. The number of pyridine rings is 1. The standard InChI is InChI=1S/C26H20F4N6OS/c1-35-23-18-7-17(20(27)8-21(18)34-24(31)19(23)9-33-35)25(37)36(10-15-11-38-12-32-15)22-5-2-13-6-14(26(28,29)30)3-4-16(13)22/h3-4,6-9,11-12,22H,2,5,10H2,1H3,(H2,31,34). The van der Waals surface area contributed by atoms with Crippen molar-refractivity contribution in [3.63, 3.8) is 0 Å². The monoisotopic (exact) mass is 540 g/mol. The molecule has 1 aliphatic rings. The number of carbonyl (C=O) groups is 1. The molecule has 0 bridgehead atoms. The molecule has 0 saturated heterocycles. The number of alkyl halides is 3. The number of aryl methyl sites for hydroxylation is 2. The van der Waals surface area contributed by atoms with E-state index < -0.39 is 29.5 Å². The van der Waals surface area contributed by atoms with Gasteiger partial charge in [0.25, 0.3) is 5.91 Å². The minimum atomic E-state index is -4.47. The van der Waals surface area contributed by atoms with Crippen LogP contribution in [0.5, 0.6) is 0 Å². The molecule has 1 amide bonds. The Labute approximate surface area is 217 Å². The predicted octanol–water partition coefficient (Wildman–Crippen LogP) is 5.65. The average Bonchev–Trinajstić information content (AvgIpc) is 3.61. The maximum atomic E-state index is 15.4. The fourth-order valence-electron chi connectivity index (χ4n) is 5.21. The molecule has 1 unspecified atom stereocenters. The fraction of sp³-hybridized carbons (Fsp3) is 0.231. The van der Waals surface area contributed by atoms with E-state index in [2.05, 4.69) is 15.1 Å². The van der Waals surface area contributed by atoms with Gasteiger partial charge >= 0.3 is 6.18 Å². The molecule has 12 heteroatoms. The van der Waals surface area contributed by atoms with Crippen molar-refractivity contribution in [2.24, 2.45) is 7.05 Å². The summed E-state index contributed by atoms with van der Waals surface area (Å²) in [5, 5.41) is 7.09. The number of amides is 1. The van der Waals surface area contributed by atoms with Gasteiger partial charge in [0.1, 0.15) is 11.6 Å². The van der Waals surface area contributed by atoms with Crippen molar-refractivity contribution >= 4 is 44.9 Å². The molecule has 194 valence electrons. The topological polar surface area (TPSA) is 89.9 Å². The molecule has 6 rings (SSSR count). The van der Waals surface area contributed by atoms with Crippen molar-refractivity contribution in [3.8, 4) is 0 Å². The number of benzene rings is 2. The Morgan fingerprint density at radius 3 is 2.79 bits per heavy atom. The first kappa shape index (κ1) is 24.3. The minimum absolute atomic E-state index is 0.0754. The highest BCUT2D eigenvalue weighted by Gasteiger charge is 2.36. The Bertz CT molecular complexity index is 1710. The molecule has 0 saturated carbocycles. The number of rotatable bonds is 4. The highest BCUT2D eigenvalue weighted by atomic mass is 32.1. The number of carbonyl (C=O) groups excluding carboxylic acids is 1. The third-order valence-corrected chi connectivity index (χ3v) is 7.63. The lowest BCUT2D eigenvalue weighted by atomic mass is 10.0. The third-order valence-electron chi connectivity index (χ3n) is 7.00. The van der Waals surface area contributed by atoms with Crippen LogP contribution in [0.1, 0.15) is 45.2 Å². The molecule has 2 N–H and O–H groups in total. The summed E-state index contributed by atoms with van der Waals surface area (Å²) in [5.74, 6) is -1.17. The van der Waals surface area contributed by atoms with Crippen LogP contribution in [0.3, 0.4) is 0 Å². The van der Waals surface area contributed by atoms with Crippen molar-refractivity contribution in [3.05, 3.63) is 81.2 Å². The van der Waals surface area contributed by atoms with Gasteiger partial charge in [0, 0.05) is 23.9 Å². The molecule has 1 atom stereocenters. The molecule has 38 heavy (non-hydrogen) atoms. The van der Waals surface area contributed by atoms with Crippen molar-refractivity contribution in [1.82, 2.24) is 24.6 Å². The normalized spacial score (nSPS) is 15.3. The lowest BCUT2D eigenvalue weighted by molar-refractivity contribution is -0.137. The Hall–Kier alpha value is -4.06. The van der Waals surface area contributed by atoms with E-state index in [0.29, 0.717) is 46.0 Å². The van der Waals surface area contributed by atoms with E-state index in [9.17, 15) is 18.0 Å². The number of anilines is 1. The van der Waals surface area contributed by atoms with Crippen LogP contribution in [0.4, 0.5) is 23.4 Å². The number of halogens is 4. The van der Waals surface area contributed by atoms with E-state index in [4.69, 9.17) is 5.73 Å². The Morgan fingerprint density at radius 1 is 1.24 bits per heavy atom. The van der Waals surface area contributed by atoms with Gasteiger partial charge in [0.2, 0.25) is 0 Å². The van der Waals surface area contributed by atoms with Gasteiger partial charge in [-0.25, -0.2) is 14.4 Å². The lowest BCUT2D eigenvalue weighted by Crippen LogP contribution is -2.34. The van der Waals surface area contributed by atoms with Gasteiger partial charge in [-0.3, -0.25) is 9.48 Å². The van der Waals surface area contributed by atoms with E-state index in [0.717, 1.165) is 12.1 Å². The smallest absolute Gasteiger partial charge is 0.383 e. The summed E-state index contributed by atoms with van der Waals surface area (Å²) in [6.07, 6.45) is -2.14. The van der Waals surface area contributed by atoms with Gasteiger partial charge < -0.3 is 10.6 Å². The molecule has 3 aromatic heterocycles. The number of nitrogens with two attached hydrogens (primary N) is 1. The molecule has 7 nitrogen and oxygen atoms in total. The molecule has 1 aliphatic carbocycles. The van der Waals surface area contributed by atoms with E-state index in [1.54, 1.807) is 28.8 Å². The number of thiazole rings is 1. The van der Waals surface area contributed by atoms with E-state index in [-0.39, 0.29) is 23.4 Å². The number of fused-ring (bicyclic) bond motifs is 4. The molecule has 3 heterocycles. The zero-order chi connectivity index (χ0) is 26.8. The van der Waals surface area contributed by atoms with Crippen LogP contribution in [0.2, 0.25) is 0 Å². The summed E-state index contributed by atoms with van der Waals surface area (Å²) in [5.41, 5.74) is 9.39. The second-order valence-electron chi connectivity index (χ2n) is 9.26. The third kappa shape index (κ3) is 3.95. The van der Waals surface area contributed by atoms with Crippen LogP contribution in [0, 0.1) is 5.82 Å². The van der Waals surface area contributed by atoms with Crippen LogP contribution >= 0.6 is 11.3 Å². The van der Waals surface area contributed by atoms with E-state index in [1.807, 2.05) is 0 Å². The zero-order valence-electron chi connectivity index (χ0n) is 20.0. The largest absolute Gasteiger partial charge is 0.416 e. The summed E-state index contributed by atoms with van der Waals surface area (Å²) in [6, 6.07) is 5.64. The first-order valence-electron chi connectivity index (χ1n) is 11.7. The number of nitrogen functional groups attached to an aromatic ring is 1. The number of hydrogen-bond donors (Lipinski definition) is 1. The van der Waals surface area contributed by atoms with Crippen LogP contribution in [0.25, 0.3) is 21.8 Å². The molecule has 0 radical (unpaired) electrons. The number of aromatic nitrogens is 4. The highest BCUT2D eigenvalue weighted by molar-refractivity contribution is 7.07. The fourth-order valence-corrected chi connectivity index (χ4v) is 5.76. The summed E-state index contributed by atoms with van der Waals surface area (Å²) in [4.78, 5) is 24.0. The lowest BCUT2D eigenvalue weighted by Gasteiger charge is -2.30. The van der Waals surface area contributed by atoms with Crippen molar-refractivity contribution < 1.29 is 22.4 Å². The van der Waals surface area contributed by atoms with Crippen LogP contribution in [0.15, 0.2) is 47.4 Å². The summed E-state index contributed by atoms with van der Waals surface area (Å²) in [6.45, 7) is 0.0754. The van der Waals surface area contributed by atoms with Crippen molar-refractivity contribution in [2.45, 2.75) is 31.6 Å².